The van der Waals surface area contributed by atoms with Crippen molar-refractivity contribution in [1.82, 2.24) is 9.78 Å². The van der Waals surface area contributed by atoms with Crippen molar-refractivity contribution in [3.05, 3.63) is 40.1 Å². The van der Waals surface area contributed by atoms with Gasteiger partial charge in [0.15, 0.2) is 15.6 Å². The van der Waals surface area contributed by atoms with Gasteiger partial charge in [-0.05, 0) is 49.3 Å². The number of ketones is 1. The number of hydrogen-bond acceptors (Lipinski definition) is 5. The van der Waals surface area contributed by atoms with E-state index < -0.39 is 26.3 Å². The second-order valence-electron chi connectivity index (χ2n) is 7.80. The zero-order valence-corrected chi connectivity index (χ0v) is 16.7. The number of aromatic nitrogens is 2. The average molecular weight is 376 g/mol. The molecule has 1 N–H and O–H groups in total. The third-order valence-corrected chi connectivity index (χ3v) is 7.55. The quantitative estimate of drug-likeness (QED) is 0.814. The number of carbonyl (C=O) groups is 1. The van der Waals surface area contributed by atoms with Gasteiger partial charge in [0, 0.05) is 7.05 Å². The Labute approximate surface area is 153 Å². The van der Waals surface area contributed by atoms with Crippen molar-refractivity contribution < 1.29 is 18.3 Å². The van der Waals surface area contributed by atoms with E-state index >= 15 is 0 Å². The molecule has 2 aromatic rings. The number of hydrogen-bond donors (Lipinski definition) is 1. The molecule has 1 aromatic carbocycles. The minimum Gasteiger partial charge on any atom is -0.493 e. The summed E-state index contributed by atoms with van der Waals surface area (Å²) in [7, 11) is -2.36. The summed E-state index contributed by atoms with van der Waals surface area (Å²) in [6.45, 7) is 9.17. The largest absolute Gasteiger partial charge is 0.493 e. The number of aryl methyl sites for hydroxylation is 4. The molecule has 140 valence electrons. The van der Waals surface area contributed by atoms with Crippen molar-refractivity contribution in [2.24, 2.45) is 7.05 Å². The zero-order chi connectivity index (χ0) is 19.6. The number of carbonyl (C=O) groups excluding carboxylic acids is 1. The highest BCUT2D eigenvalue weighted by molar-refractivity contribution is 7.93. The van der Waals surface area contributed by atoms with Gasteiger partial charge < -0.3 is 5.11 Å². The van der Waals surface area contributed by atoms with Crippen LogP contribution < -0.4 is 0 Å². The molecular formula is C19H24N2O4S. The SMILES string of the molecule is Cc1ccc(C)c2c1C(C)(C)CC(C(=O)c1c(C)nn(C)c1O)S2(=O)=O. The summed E-state index contributed by atoms with van der Waals surface area (Å²) in [5, 5.41) is 13.0. The van der Waals surface area contributed by atoms with Gasteiger partial charge in [-0.1, -0.05) is 26.0 Å². The lowest BCUT2D eigenvalue weighted by molar-refractivity contribution is 0.0970. The molecule has 0 aliphatic carbocycles. The summed E-state index contributed by atoms with van der Waals surface area (Å²) in [5.41, 5.74) is 2.17. The fourth-order valence-corrected chi connectivity index (χ4v) is 6.70. The first-order valence-corrected chi connectivity index (χ1v) is 10.1. The Morgan fingerprint density at radius 2 is 1.81 bits per heavy atom. The number of benzene rings is 1. The van der Waals surface area contributed by atoms with Crippen LogP contribution in [0.2, 0.25) is 0 Å². The predicted molar refractivity (Wildman–Crippen MR) is 98.5 cm³/mol. The van der Waals surface area contributed by atoms with Gasteiger partial charge in [-0.3, -0.25) is 4.79 Å². The van der Waals surface area contributed by atoms with Gasteiger partial charge in [-0.15, -0.1) is 0 Å². The lowest BCUT2D eigenvalue weighted by Crippen LogP contribution is -2.43. The van der Waals surface area contributed by atoms with E-state index in [2.05, 4.69) is 5.10 Å². The van der Waals surface area contributed by atoms with Gasteiger partial charge in [0.1, 0.15) is 10.8 Å². The summed E-state index contributed by atoms with van der Waals surface area (Å²) in [5.74, 6) is -0.889. The standard InChI is InChI=1S/C19H24N2O4S/c1-10-7-8-11(2)17-15(10)19(4,5)9-13(26(17,24)25)16(22)14-12(3)20-21(6)18(14)23/h7-8,13,23H,9H2,1-6H3. The molecule has 1 aliphatic rings. The maximum Gasteiger partial charge on any atom is 0.220 e. The van der Waals surface area contributed by atoms with Crippen molar-refractivity contribution in [3.8, 4) is 5.88 Å². The van der Waals surface area contributed by atoms with E-state index in [0.717, 1.165) is 11.1 Å². The van der Waals surface area contributed by atoms with Gasteiger partial charge in [0.2, 0.25) is 5.88 Å². The first-order chi connectivity index (χ1) is 11.9. The van der Waals surface area contributed by atoms with Crippen LogP contribution in [0.5, 0.6) is 5.88 Å². The van der Waals surface area contributed by atoms with E-state index in [9.17, 15) is 18.3 Å². The molecule has 0 saturated heterocycles. The number of aromatic hydroxyl groups is 1. The third kappa shape index (κ3) is 2.48. The van der Waals surface area contributed by atoms with E-state index in [0.29, 0.717) is 11.3 Å². The van der Waals surface area contributed by atoms with Gasteiger partial charge in [-0.25, -0.2) is 13.1 Å². The molecule has 2 heterocycles. The highest BCUT2D eigenvalue weighted by Gasteiger charge is 2.48. The second kappa shape index (κ2) is 5.67. The van der Waals surface area contributed by atoms with E-state index in [1.165, 1.54) is 11.7 Å². The van der Waals surface area contributed by atoms with Crippen LogP contribution >= 0.6 is 0 Å². The Hall–Kier alpha value is -2.15. The summed E-state index contributed by atoms with van der Waals surface area (Å²) in [4.78, 5) is 13.4. The highest BCUT2D eigenvalue weighted by atomic mass is 32.2. The molecule has 1 atom stereocenters. The molecule has 0 radical (unpaired) electrons. The van der Waals surface area contributed by atoms with Crippen molar-refractivity contribution in [2.75, 3.05) is 0 Å². The summed E-state index contributed by atoms with van der Waals surface area (Å²) in [6.07, 6.45) is 0.166. The zero-order valence-electron chi connectivity index (χ0n) is 15.9. The molecule has 1 aliphatic heterocycles. The highest BCUT2D eigenvalue weighted by Crippen LogP contribution is 2.46. The first-order valence-electron chi connectivity index (χ1n) is 8.51. The average Bonchev–Trinajstić information content (AvgIpc) is 2.77. The molecule has 1 aromatic heterocycles. The van der Waals surface area contributed by atoms with Crippen LogP contribution in [0.4, 0.5) is 0 Å². The van der Waals surface area contributed by atoms with Gasteiger partial charge in [-0.2, -0.15) is 5.10 Å². The summed E-state index contributed by atoms with van der Waals surface area (Å²) in [6, 6.07) is 3.70. The summed E-state index contributed by atoms with van der Waals surface area (Å²) >= 11 is 0. The fourth-order valence-electron chi connectivity index (χ4n) is 4.14. The van der Waals surface area contributed by atoms with Crippen molar-refractivity contribution in [2.45, 2.75) is 56.6 Å². The molecule has 0 saturated carbocycles. The Kier molecular flexibility index (Phi) is 4.07. The van der Waals surface area contributed by atoms with Gasteiger partial charge in [0.25, 0.3) is 0 Å². The van der Waals surface area contributed by atoms with Gasteiger partial charge in [0.05, 0.1) is 10.6 Å². The Balaban J connectivity index is 2.26. The number of rotatable bonds is 2. The van der Waals surface area contributed by atoms with Crippen LogP contribution in [0.25, 0.3) is 0 Å². The lowest BCUT2D eigenvalue weighted by Gasteiger charge is -2.38. The van der Waals surface area contributed by atoms with Crippen molar-refractivity contribution >= 4 is 15.6 Å². The smallest absolute Gasteiger partial charge is 0.220 e. The number of fused-ring (bicyclic) bond motifs is 1. The molecule has 0 fully saturated rings. The fraction of sp³-hybridized carbons (Fsp3) is 0.474. The van der Waals surface area contributed by atoms with Crippen LogP contribution in [-0.4, -0.2) is 34.3 Å². The van der Waals surface area contributed by atoms with Crippen LogP contribution in [-0.2, 0) is 22.3 Å². The molecule has 0 bridgehead atoms. The Morgan fingerprint density at radius 3 is 2.35 bits per heavy atom. The number of nitrogens with zero attached hydrogens (tertiary/aromatic N) is 2. The van der Waals surface area contributed by atoms with Crippen LogP contribution in [0.15, 0.2) is 17.0 Å². The molecular weight excluding hydrogens is 352 g/mol. The van der Waals surface area contributed by atoms with E-state index in [4.69, 9.17) is 0 Å². The van der Waals surface area contributed by atoms with Crippen LogP contribution in [0, 0.1) is 20.8 Å². The molecule has 6 nitrogen and oxygen atoms in total. The predicted octanol–water partition coefficient (Wildman–Crippen LogP) is 2.76. The van der Waals surface area contributed by atoms with Crippen LogP contribution in [0.3, 0.4) is 0 Å². The van der Waals surface area contributed by atoms with Crippen molar-refractivity contribution in [3.63, 3.8) is 0 Å². The minimum atomic E-state index is -3.88. The molecule has 1 unspecified atom stereocenters. The Morgan fingerprint density at radius 1 is 1.23 bits per heavy atom. The van der Waals surface area contributed by atoms with E-state index in [-0.39, 0.29) is 22.8 Å². The monoisotopic (exact) mass is 376 g/mol. The normalized spacial score (nSPS) is 20.6. The first kappa shape index (κ1) is 18.6. The molecule has 0 amide bonds. The van der Waals surface area contributed by atoms with Gasteiger partial charge >= 0.3 is 0 Å². The lowest BCUT2D eigenvalue weighted by atomic mass is 9.76. The molecule has 3 rings (SSSR count). The number of Topliss-reactive ketones (excluding diaryl/α,β-unsaturated/α-hetero) is 1. The second-order valence-corrected chi connectivity index (χ2v) is 9.86. The van der Waals surface area contributed by atoms with E-state index in [1.54, 1.807) is 19.9 Å². The van der Waals surface area contributed by atoms with Crippen molar-refractivity contribution in [1.29, 1.82) is 0 Å². The number of sulfone groups is 1. The Bertz CT molecular complexity index is 1030. The van der Waals surface area contributed by atoms with Crippen LogP contribution in [0.1, 0.15) is 53.0 Å². The third-order valence-electron chi connectivity index (χ3n) is 5.33. The molecule has 7 heteroatoms. The minimum absolute atomic E-state index is 0.00867. The molecule has 0 spiro atoms. The summed E-state index contributed by atoms with van der Waals surface area (Å²) < 4.78 is 27.9. The maximum absolute atomic E-state index is 13.4. The van der Waals surface area contributed by atoms with E-state index in [1.807, 2.05) is 26.8 Å². The topological polar surface area (TPSA) is 89.3 Å². The maximum atomic E-state index is 13.4. The molecule has 26 heavy (non-hydrogen) atoms.